The van der Waals surface area contributed by atoms with Crippen molar-refractivity contribution in [3.05, 3.63) is 83.9 Å². The van der Waals surface area contributed by atoms with E-state index in [1.54, 1.807) is 9.80 Å². The minimum absolute atomic E-state index is 0. The van der Waals surface area contributed by atoms with Crippen LogP contribution >= 0.6 is 12.4 Å². The number of carbonyl (C=O) groups excluding carboxylic acids is 4. The topological polar surface area (TPSA) is 130 Å². The van der Waals surface area contributed by atoms with Crippen LogP contribution in [0.2, 0.25) is 0 Å². The van der Waals surface area contributed by atoms with E-state index in [0.717, 1.165) is 79.8 Å². The summed E-state index contributed by atoms with van der Waals surface area (Å²) in [5, 5.41) is 10.9. The number of amides is 4. The Hall–Kier alpha value is -5.31. The van der Waals surface area contributed by atoms with Gasteiger partial charge in [-0.25, -0.2) is 9.59 Å². The van der Waals surface area contributed by atoms with Gasteiger partial charge in [0.15, 0.2) is 0 Å². The second-order valence-corrected chi connectivity index (χ2v) is 18.3. The van der Waals surface area contributed by atoms with Crippen molar-refractivity contribution in [2.75, 3.05) is 115 Å². The second kappa shape index (κ2) is 20.5. The van der Waals surface area contributed by atoms with Crippen molar-refractivity contribution in [2.24, 2.45) is 0 Å². The molecule has 0 atom stereocenters. The van der Waals surface area contributed by atoms with Crippen molar-refractivity contribution in [3.8, 4) is 0 Å². The zero-order valence-corrected chi connectivity index (χ0v) is 38.6. The van der Waals surface area contributed by atoms with E-state index >= 15 is 0 Å². The van der Waals surface area contributed by atoms with Crippen molar-refractivity contribution in [2.45, 2.75) is 52.7 Å². The number of carbonyl (C=O) groups is 4. The van der Waals surface area contributed by atoms with E-state index in [1.165, 1.54) is 11.1 Å². The summed E-state index contributed by atoms with van der Waals surface area (Å²) in [6.45, 7) is 22.8. The average Bonchev–Trinajstić information content (AvgIpc) is 3.27. The summed E-state index contributed by atoms with van der Waals surface area (Å²) < 4.78 is 11.0. The third kappa shape index (κ3) is 11.6. The maximum absolute atomic E-state index is 13.6. The Morgan fingerprint density at radius 3 is 1.17 bits per heavy atom. The number of halogens is 1. The lowest BCUT2D eigenvalue weighted by Gasteiger charge is -2.37. The molecule has 4 amide bonds. The molecule has 0 unspecified atom stereocenters. The number of anilines is 2. The van der Waals surface area contributed by atoms with Crippen LogP contribution < -0.4 is 20.4 Å². The largest absolute Gasteiger partial charge is 0.444 e. The van der Waals surface area contributed by atoms with Gasteiger partial charge in [0.2, 0.25) is 0 Å². The summed E-state index contributed by atoms with van der Waals surface area (Å²) in [5.74, 6) is 0.117. The number of rotatable bonds is 4. The third-order valence-electron chi connectivity index (χ3n) is 11.6. The first kappa shape index (κ1) is 47.2. The molecule has 0 bridgehead atoms. The molecule has 8 rings (SSSR count). The molecule has 4 aliphatic heterocycles. The fourth-order valence-electron chi connectivity index (χ4n) is 8.48. The molecule has 4 heterocycles. The molecule has 4 fully saturated rings. The Labute approximate surface area is 378 Å². The summed E-state index contributed by atoms with van der Waals surface area (Å²) >= 11 is 0. The van der Waals surface area contributed by atoms with Gasteiger partial charge in [-0.2, -0.15) is 0 Å². The summed E-state index contributed by atoms with van der Waals surface area (Å²) in [6.07, 6.45) is -0.624. The van der Waals surface area contributed by atoms with Crippen LogP contribution in [-0.4, -0.2) is 160 Å². The minimum Gasteiger partial charge on any atom is -0.444 e. The second-order valence-electron chi connectivity index (χ2n) is 18.3. The first-order valence-corrected chi connectivity index (χ1v) is 22.2. The van der Waals surface area contributed by atoms with Crippen molar-refractivity contribution < 1.29 is 28.7 Å². The van der Waals surface area contributed by atoms with E-state index in [-0.39, 0.29) is 36.4 Å². The SMILES string of the molecule is CC(C)(C)OC(=O)N1CCN(C(=O)c2ccc(N3CCN(C(=O)OC(C)(C)C)CC3)c3ccccc23)CC1.Cl.O=C(c1ccc(N2CCNCC2)c2ccccc12)N1CCNCC1. The summed E-state index contributed by atoms with van der Waals surface area (Å²) in [4.78, 5) is 63.3. The Bertz CT molecular complexity index is 2230. The average molecular weight is 886 g/mol. The maximum Gasteiger partial charge on any atom is 0.410 e. The number of hydrogen-bond donors (Lipinski definition) is 2. The van der Waals surface area contributed by atoms with Gasteiger partial charge in [-0.15, -0.1) is 12.4 Å². The predicted octanol–water partition coefficient (Wildman–Crippen LogP) is 6.31. The van der Waals surface area contributed by atoms with Gasteiger partial charge in [0, 0.05) is 138 Å². The lowest BCUT2D eigenvalue weighted by molar-refractivity contribution is 0.0140. The lowest BCUT2D eigenvalue weighted by atomic mass is 10.0. The van der Waals surface area contributed by atoms with Crippen LogP contribution in [0.3, 0.4) is 0 Å². The number of nitrogens with one attached hydrogen (secondary N) is 2. The van der Waals surface area contributed by atoms with E-state index in [0.29, 0.717) is 57.9 Å². The van der Waals surface area contributed by atoms with E-state index in [4.69, 9.17) is 9.47 Å². The minimum atomic E-state index is -0.549. The first-order valence-electron chi connectivity index (χ1n) is 22.2. The van der Waals surface area contributed by atoms with Crippen LogP contribution in [0.1, 0.15) is 62.3 Å². The molecule has 0 aromatic heterocycles. The van der Waals surface area contributed by atoms with Gasteiger partial charge in [0.25, 0.3) is 11.8 Å². The highest BCUT2D eigenvalue weighted by atomic mass is 35.5. The normalized spacial score (nSPS) is 17.4. The number of nitrogens with zero attached hydrogens (tertiary/aromatic N) is 6. The fraction of sp³-hybridized carbons (Fsp3) is 0.500. The third-order valence-corrected chi connectivity index (χ3v) is 11.6. The molecule has 4 aliphatic rings. The summed E-state index contributed by atoms with van der Waals surface area (Å²) in [7, 11) is 0. The van der Waals surface area contributed by atoms with Crippen molar-refractivity contribution in [1.29, 1.82) is 0 Å². The molecular weight excluding hydrogens is 820 g/mol. The fourth-order valence-corrected chi connectivity index (χ4v) is 8.48. The van der Waals surface area contributed by atoms with Gasteiger partial charge in [0.05, 0.1) is 0 Å². The smallest absolute Gasteiger partial charge is 0.410 e. The summed E-state index contributed by atoms with van der Waals surface area (Å²) in [6, 6.07) is 24.3. The van der Waals surface area contributed by atoms with Crippen LogP contribution in [0.5, 0.6) is 0 Å². The standard InChI is InChI=1S/C29H40N4O5.C19H24N4O.ClH/c1-28(2,3)37-26(35)32-17-13-30(14-18-32)24-12-11-23(21-9-7-8-10-22(21)24)25(34)31-15-19-33(20-16-31)27(36)38-29(4,5)6;24-19(23-13-9-21-10-14-23)17-5-6-18(22-11-7-20-8-12-22)16-4-2-1-3-15(16)17;/h7-12H,13-20H2,1-6H3;1-6,20-21H,7-14H2;1H. The van der Waals surface area contributed by atoms with Crippen molar-refractivity contribution in [1.82, 2.24) is 30.2 Å². The Kier molecular flexibility index (Phi) is 15.3. The number of fused-ring (bicyclic) bond motifs is 2. The van der Waals surface area contributed by atoms with Gasteiger partial charge in [-0.05, 0) is 76.6 Å². The van der Waals surface area contributed by atoms with Crippen LogP contribution in [0.4, 0.5) is 21.0 Å². The molecule has 340 valence electrons. The quantitative estimate of drug-likeness (QED) is 0.241. The molecule has 2 N–H and O–H groups in total. The number of piperazine rings is 4. The van der Waals surface area contributed by atoms with E-state index in [2.05, 4.69) is 44.7 Å². The summed E-state index contributed by atoms with van der Waals surface area (Å²) in [5.41, 5.74) is 2.70. The predicted molar refractivity (Wildman–Crippen MR) is 253 cm³/mol. The number of hydrogen-bond acceptors (Lipinski definition) is 10. The highest BCUT2D eigenvalue weighted by molar-refractivity contribution is 6.11. The van der Waals surface area contributed by atoms with Crippen LogP contribution in [0, 0.1) is 0 Å². The molecule has 0 radical (unpaired) electrons. The molecule has 63 heavy (non-hydrogen) atoms. The Balaban J connectivity index is 0.000000227. The molecule has 4 saturated heterocycles. The zero-order valence-electron chi connectivity index (χ0n) is 37.8. The molecule has 0 spiro atoms. The van der Waals surface area contributed by atoms with E-state index < -0.39 is 11.2 Å². The monoisotopic (exact) mass is 884 g/mol. The highest BCUT2D eigenvalue weighted by Gasteiger charge is 2.31. The molecule has 4 aromatic carbocycles. The molecule has 14 nitrogen and oxygen atoms in total. The first-order chi connectivity index (χ1) is 29.7. The highest BCUT2D eigenvalue weighted by Crippen LogP contribution is 2.33. The van der Waals surface area contributed by atoms with E-state index in [1.807, 2.05) is 99.9 Å². The van der Waals surface area contributed by atoms with Gasteiger partial charge in [0.1, 0.15) is 11.2 Å². The van der Waals surface area contributed by atoms with Crippen LogP contribution in [0.25, 0.3) is 21.5 Å². The Morgan fingerprint density at radius 1 is 0.429 bits per heavy atom. The molecule has 0 saturated carbocycles. The lowest BCUT2D eigenvalue weighted by Crippen LogP contribution is -2.51. The maximum atomic E-state index is 13.6. The number of ether oxygens (including phenoxy) is 2. The molecular formula is C48H65ClN8O6. The molecule has 0 aliphatic carbocycles. The van der Waals surface area contributed by atoms with Gasteiger partial charge >= 0.3 is 12.2 Å². The van der Waals surface area contributed by atoms with Crippen molar-refractivity contribution >= 4 is 69.3 Å². The van der Waals surface area contributed by atoms with Gasteiger partial charge < -0.3 is 49.5 Å². The van der Waals surface area contributed by atoms with Gasteiger partial charge in [-0.3, -0.25) is 9.59 Å². The molecule has 15 heteroatoms. The van der Waals surface area contributed by atoms with Crippen LogP contribution in [0.15, 0.2) is 72.8 Å². The van der Waals surface area contributed by atoms with Crippen LogP contribution in [-0.2, 0) is 9.47 Å². The van der Waals surface area contributed by atoms with Crippen molar-refractivity contribution in [3.63, 3.8) is 0 Å². The zero-order chi connectivity index (χ0) is 44.0. The van der Waals surface area contributed by atoms with E-state index in [9.17, 15) is 19.2 Å². The molecule has 4 aromatic rings. The number of benzene rings is 4. The Morgan fingerprint density at radius 2 is 0.762 bits per heavy atom. The van der Waals surface area contributed by atoms with Gasteiger partial charge in [-0.1, -0.05) is 48.5 Å².